The maximum atomic E-state index is 13.4. The first kappa shape index (κ1) is 27.6. The Kier molecular flexibility index (Phi) is 8.74. The Bertz CT molecular complexity index is 1050. The third kappa shape index (κ3) is 6.62. The number of hydrogen-bond donors (Lipinski definition) is 1. The normalized spacial score (nSPS) is 20.2. The van der Waals surface area contributed by atoms with Gasteiger partial charge in [-0.3, -0.25) is 4.79 Å². The molecule has 0 spiro atoms. The summed E-state index contributed by atoms with van der Waals surface area (Å²) in [6.07, 6.45) is -0.740. The molecule has 0 bridgehead atoms. The minimum atomic E-state index is -2.09. The van der Waals surface area contributed by atoms with Gasteiger partial charge in [0.15, 0.2) is 14.1 Å². The standard InChI is InChI=1S/C28H37NO6Si/c1-28(2,3)36(5,6)35-18-21-22(23(21)25(30)20-15-11-8-12-16-20)24(26(31)33-4)29-27(32)34-17-19-13-9-7-10-14-19/h7-16,21-24H,17-18H2,1-6H3,(H,29,32)/t21-,22+,23+,24-/m1/s1. The van der Waals surface area contributed by atoms with Gasteiger partial charge in [0.2, 0.25) is 0 Å². The first-order chi connectivity index (χ1) is 17.0. The van der Waals surface area contributed by atoms with Gasteiger partial charge in [0, 0.05) is 24.0 Å². The molecule has 2 aromatic carbocycles. The van der Waals surface area contributed by atoms with E-state index in [-0.39, 0.29) is 23.3 Å². The molecule has 0 heterocycles. The third-order valence-corrected chi connectivity index (χ3v) is 11.9. The van der Waals surface area contributed by atoms with Gasteiger partial charge in [-0.2, -0.15) is 0 Å². The van der Waals surface area contributed by atoms with E-state index in [1.165, 1.54) is 7.11 Å². The monoisotopic (exact) mass is 511 g/mol. The molecule has 1 aliphatic rings. The fourth-order valence-corrected chi connectivity index (χ4v) is 5.13. The van der Waals surface area contributed by atoms with Crippen LogP contribution in [-0.2, 0) is 25.3 Å². The van der Waals surface area contributed by atoms with E-state index in [1.54, 1.807) is 12.1 Å². The Morgan fingerprint density at radius 2 is 1.56 bits per heavy atom. The summed E-state index contributed by atoms with van der Waals surface area (Å²) < 4.78 is 16.8. The Hall–Kier alpha value is -2.97. The van der Waals surface area contributed by atoms with Crippen LogP contribution >= 0.6 is 0 Å². The van der Waals surface area contributed by atoms with E-state index >= 15 is 0 Å². The maximum absolute atomic E-state index is 13.4. The first-order valence-electron chi connectivity index (χ1n) is 12.2. The summed E-state index contributed by atoms with van der Waals surface area (Å²) in [6.45, 7) is 11.1. The van der Waals surface area contributed by atoms with Crippen LogP contribution in [0.5, 0.6) is 0 Å². The van der Waals surface area contributed by atoms with Crippen molar-refractivity contribution in [2.45, 2.75) is 51.6 Å². The molecule has 8 heteroatoms. The maximum Gasteiger partial charge on any atom is 0.408 e. The number of benzene rings is 2. The van der Waals surface area contributed by atoms with Crippen LogP contribution in [0.4, 0.5) is 4.79 Å². The van der Waals surface area contributed by atoms with Gasteiger partial charge in [0.05, 0.1) is 7.11 Å². The highest BCUT2D eigenvalue weighted by Crippen LogP contribution is 2.52. The molecule has 0 aromatic heterocycles. The zero-order valence-corrected chi connectivity index (χ0v) is 22.9. The van der Waals surface area contributed by atoms with Gasteiger partial charge in [-0.05, 0) is 29.6 Å². The van der Waals surface area contributed by atoms with Crippen molar-refractivity contribution in [2.75, 3.05) is 13.7 Å². The highest BCUT2D eigenvalue weighted by molar-refractivity contribution is 6.74. The zero-order chi connectivity index (χ0) is 26.5. The first-order valence-corrected chi connectivity index (χ1v) is 15.2. The molecule has 1 aliphatic carbocycles. The molecule has 2 aromatic rings. The Balaban J connectivity index is 1.78. The van der Waals surface area contributed by atoms with E-state index in [9.17, 15) is 14.4 Å². The zero-order valence-electron chi connectivity index (χ0n) is 21.9. The van der Waals surface area contributed by atoms with E-state index in [1.807, 2.05) is 48.5 Å². The lowest BCUT2D eigenvalue weighted by atomic mass is 10.0. The van der Waals surface area contributed by atoms with Gasteiger partial charge in [-0.15, -0.1) is 0 Å². The molecule has 4 atom stereocenters. The van der Waals surface area contributed by atoms with Crippen molar-refractivity contribution in [3.8, 4) is 0 Å². The molecule has 7 nitrogen and oxygen atoms in total. The van der Waals surface area contributed by atoms with Crippen LogP contribution in [0.2, 0.25) is 18.1 Å². The number of carbonyl (C=O) groups is 3. The van der Waals surface area contributed by atoms with Crippen LogP contribution in [0, 0.1) is 17.8 Å². The Labute approximate surface area is 214 Å². The molecule has 1 N–H and O–H groups in total. The van der Waals surface area contributed by atoms with Gasteiger partial charge < -0.3 is 19.2 Å². The summed E-state index contributed by atoms with van der Waals surface area (Å²) in [7, 11) is -0.825. The van der Waals surface area contributed by atoms with E-state index in [2.05, 4.69) is 39.2 Å². The second kappa shape index (κ2) is 11.4. The van der Waals surface area contributed by atoms with E-state index in [0.717, 1.165) is 5.56 Å². The quantitative estimate of drug-likeness (QED) is 0.267. The molecule has 194 valence electrons. The second-order valence-corrected chi connectivity index (χ2v) is 15.6. The molecule has 1 fully saturated rings. The van der Waals surface area contributed by atoms with Crippen LogP contribution in [-0.4, -0.2) is 45.9 Å². The molecule has 0 radical (unpaired) electrons. The number of hydrogen-bond acceptors (Lipinski definition) is 6. The van der Waals surface area contributed by atoms with Crippen LogP contribution in [0.3, 0.4) is 0 Å². The van der Waals surface area contributed by atoms with Gasteiger partial charge in [0.1, 0.15) is 12.6 Å². The molecular formula is C28H37NO6Si. The average molecular weight is 512 g/mol. The highest BCUT2D eigenvalue weighted by Gasteiger charge is 2.61. The molecular weight excluding hydrogens is 474 g/mol. The molecule has 36 heavy (non-hydrogen) atoms. The van der Waals surface area contributed by atoms with Crippen LogP contribution in [0.25, 0.3) is 0 Å². The lowest BCUT2D eigenvalue weighted by molar-refractivity contribution is -0.143. The topological polar surface area (TPSA) is 90.9 Å². The number of ether oxygens (including phenoxy) is 2. The number of esters is 1. The molecule has 0 unspecified atom stereocenters. The lowest BCUT2D eigenvalue weighted by Gasteiger charge is -2.36. The summed E-state index contributed by atoms with van der Waals surface area (Å²) in [5, 5.41) is 2.66. The van der Waals surface area contributed by atoms with E-state index in [0.29, 0.717) is 12.2 Å². The van der Waals surface area contributed by atoms with Crippen molar-refractivity contribution in [2.24, 2.45) is 17.8 Å². The van der Waals surface area contributed by atoms with Crippen LogP contribution in [0.1, 0.15) is 36.7 Å². The minimum Gasteiger partial charge on any atom is -0.467 e. The molecule has 1 amide bonds. The molecule has 0 aliphatic heterocycles. The molecule has 3 rings (SSSR count). The number of alkyl carbamates (subject to hydrolysis) is 1. The van der Waals surface area contributed by atoms with Crippen molar-refractivity contribution in [1.29, 1.82) is 0 Å². The predicted octanol–water partition coefficient (Wildman–Crippen LogP) is 5.22. The van der Waals surface area contributed by atoms with Crippen LogP contribution in [0.15, 0.2) is 60.7 Å². The summed E-state index contributed by atoms with van der Waals surface area (Å²) in [5.41, 5.74) is 1.39. The summed E-state index contributed by atoms with van der Waals surface area (Å²) in [6, 6.07) is 17.2. The second-order valence-electron chi connectivity index (χ2n) is 10.8. The summed E-state index contributed by atoms with van der Waals surface area (Å²) >= 11 is 0. The fourth-order valence-electron chi connectivity index (χ4n) is 4.09. The predicted molar refractivity (Wildman–Crippen MR) is 140 cm³/mol. The number of ketones is 1. The Morgan fingerprint density at radius 3 is 2.11 bits per heavy atom. The number of amides is 1. The minimum absolute atomic E-state index is 0.00241. The summed E-state index contributed by atoms with van der Waals surface area (Å²) in [4.78, 5) is 38.8. The van der Waals surface area contributed by atoms with Gasteiger partial charge in [-0.1, -0.05) is 81.4 Å². The van der Waals surface area contributed by atoms with Gasteiger partial charge in [0.25, 0.3) is 0 Å². The number of carbonyl (C=O) groups excluding carboxylic acids is 3. The van der Waals surface area contributed by atoms with Crippen LogP contribution < -0.4 is 5.32 Å². The van der Waals surface area contributed by atoms with Crippen molar-refractivity contribution >= 4 is 26.2 Å². The number of Topliss-reactive ketones (excluding diaryl/α,β-unsaturated/α-hetero) is 1. The molecule has 0 saturated heterocycles. The summed E-state index contributed by atoms with van der Waals surface area (Å²) in [5.74, 6) is -1.85. The SMILES string of the molecule is COC(=O)[C@H](NC(=O)OCc1ccccc1)[C@H]1[C@@H](CO[Si](C)(C)C(C)(C)C)[C@@H]1C(=O)c1ccccc1. The van der Waals surface area contributed by atoms with Gasteiger partial charge >= 0.3 is 12.1 Å². The number of rotatable bonds is 10. The number of methoxy groups -OCH3 is 1. The van der Waals surface area contributed by atoms with Crippen molar-refractivity contribution in [3.63, 3.8) is 0 Å². The van der Waals surface area contributed by atoms with Crippen molar-refractivity contribution in [3.05, 3.63) is 71.8 Å². The van der Waals surface area contributed by atoms with E-state index < -0.39 is 38.3 Å². The van der Waals surface area contributed by atoms with Gasteiger partial charge in [-0.25, -0.2) is 9.59 Å². The smallest absolute Gasteiger partial charge is 0.408 e. The largest absolute Gasteiger partial charge is 0.467 e. The van der Waals surface area contributed by atoms with Crippen molar-refractivity contribution in [1.82, 2.24) is 5.32 Å². The Morgan fingerprint density at radius 1 is 0.972 bits per heavy atom. The fraction of sp³-hybridized carbons (Fsp3) is 0.464. The van der Waals surface area contributed by atoms with E-state index in [4.69, 9.17) is 13.9 Å². The number of nitrogens with one attached hydrogen (secondary N) is 1. The third-order valence-electron chi connectivity index (χ3n) is 7.36. The lowest BCUT2D eigenvalue weighted by Crippen LogP contribution is -2.45. The van der Waals surface area contributed by atoms with Crippen molar-refractivity contribution < 1.29 is 28.3 Å². The molecule has 1 saturated carbocycles. The average Bonchev–Trinajstić information content (AvgIpc) is 3.58. The highest BCUT2D eigenvalue weighted by atomic mass is 28.4.